The van der Waals surface area contributed by atoms with Crippen molar-refractivity contribution < 1.29 is 13.2 Å². The average Bonchev–Trinajstić information content (AvgIpc) is 2.79. The van der Waals surface area contributed by atoms with Gasteiger partial charge in [-0.05, 0) is 86.3 Å². The predicted octanol–water partition coefficient (Wildman–Crippen LogP) is 9.56. The van der Waals surface area contributed by atoms with E-state index in [9.17, 15) is 13.2 Å². The van der Waals surface area contributed by atoms with Gasteiger partial charge in [-0.15, -0.1) is 0 Å². The molecule has 0 aromatic heterocycles. The van der Waals surface area contributed by atoms with Crippen molar-refractivity contribution in [2.75, 3.05) is 6.67 Å². The summed E-state index contributed by atoms with van der Waals surface area (Å²) in [4.78, 5) is 0. The zero-order chi connectivity index (χ0) is 22.1. The van der Waals surface area contributed by atoms with Crippen LogP contribution in [0.15, 0.2) is 24.3 Å². The van der Waals surface area contributed by atoms with Crippen LogP contribution in [-0.2, 0) is 0 Å². The molecule has 1 aromatic carbocycles. The van der Waals surface area contributed by atoms with Crippen LogP contribution in [0, 0.1) is 29.4 Å². The molecule has 0 N–H and O–H groups in total. The zero-order valence-corrected chi connectivity index (χ0v) is 19.5. The lowest BCUT2D eigenvalue weighted by Crippen LogP contribution is -2.18. The minimum absolute atomic E-state index is 0.246. The smallest absolute Gasteiger partial charge is 0.145 e. The third-order valence-electron chi connectivity index (χ3n) is 7.70. The quantitative estimate of drug-likeness (QED) is 0.187. The van der Waals surface area contributed by atoms with Crippen LogP contribution < -0.4 is 0 Å². The van der Waals surface area contributed by atoms with Gasteiger partial charge in [-0.1, -0.05) is 68.7 Å². The minimum atomic E-state index is -0.636. The van der Waals surface area contributed by atoms with Gasteiger partial charge in [0.25, 0.3) is 0 Å². The molecule has 0 radical (unpaired) electrons. The molecular formula is C27H38ClF3. The summed E-state index contributed by atoms with van der Waals surface area (Å²) in [6, 6.07) is 2.85. The van der Waals surface area contributed by atoms with E-state index in [1.54, 1.807) is 0 Å². The van der Waals surface area contributed by atoms with Gasteiger partial charge in [0.2, 0.25) is 0 Å². The Hall–Kier alpha value is -0.960. The third-order valence-corrected chi connectivity index (χ3v) is 8.06. The largest absolute Gasteiger partial charge is 0.251 e. The number of alkyl halides is 1. The van der Waals surface area contributed by atoms with Crippen molar-refractivity contribution in [2.45, 2.75) is 95.8 Å². The SMILES string of the molecule is FCCC=CCCCC1CCC(CCC2CCC(c3cc(F)c(Cl)c(F)c3)CC2)CC1. The first-order valence-corrected chi connectivity index (χ1v) is 12.8. The Bertz CT molecular complexity index is 663. The van der Waals surface area contributed by atoms with Crippen molar-refractivity contribution in [1.29, 1.82) is 0 Å². The summed E-state index contributed by atoms with van der Waals surface area (Å²) in [5.74, 6) is 1.54. The monoisotopic (exact) mass is 454 g/mol. The van der Waals surface area contributed by atoms with Gasteiger partial charge in [0.05, 0.1) is 6.67 Å². The molecule has 0 nitrogen and oxygen atoms in total. The summed E-state index contributed by atoms with van der Waals surface area (Å²) in [5, 5.41) is -0.391. The van der Waals surface area contributed by atoms with E-state index in [1.807, 2.05) is 6.08 Å². The van der Waals surface area contributed by atoms with Gasteiger partial charge in [-0.25, -0.2) is 8.78 Å². The molecule has 0 spiro atoms. The van der Waals surface area contributed by atoms with Crippen LogP contribution >= 0.6 is 11.6 Å². The molecule has 0 amide bonds. The molecule has 1 aromatic rings. The lowest BCUT2D eigenvalue weighted by Gasteiger charge is -2.32. The number of benzene rings is 1. The van der Waals surface area contributed by atoms with E-state index in [0.29, 0.717) is 6.42 Å². The number of hydrogen-bond acceptors (Lipinski definition) is 0. The highest BCUT2D eigenvalue weighted by Crippen LogP contribution is 2.41. The summed E-state index contributed by atoms with van der Waals surface area (Å²) < 4.78 is 39.6. The Labute approximate surface area is 191 Å². The Morgan fingerprint density at radius 3 is 1.77 bits per heavy atom. The van der Waals surface area contributed by atoms with Crippen molar-refractivity contribution in [1.82, 2.24) is 0 Å². The topological polar surface area (TPSA) is 0 Å². The van der Waals surface area contributed by atoms with Crippen LogP contribution in [0.25, 0.3) is 0 Å². The van der Waals surface area contributed by atoms with Gasteiger partial charge >= 0.3 is 0 Å². The van der Waals surface area contributed by atoms with Gasteiger partial charge in [0.15, 0.2) is 0 Å². The van der Waals surface area contributed by atoms with Crippen molar-refractivity contribution in [3.05, 3.63) is 46.5 Å². The maximum atomic E-state index is 13.8. The molecule has 31 heavy (non-hydrogen) atoms. The number of allylic oxidation sites excluding steroid dienone is 2. The molecule has 0 saturated heterocycles. The second-order valence-corrected chi connectivity index (χ2v) is 10.2. The fourth-order valence-electron chi connectivity index (χ4n) is 5.70. The molecular weight excluding hydrogens is 417 g/mol. The van der Waals surface area contributed by atoms with Gasteiger partial charge in [-0.2, -0.15) is 0 Å². The summed E-state index contributed by atoms with van der Waals surface area (Å²) in [7, 11) is 0. The Kier molecular flexibility index (Phi) is 10.3. The Balaban J connectivity index is 1.29. The highest BCUT2D eigenvalue weighted by molar-refractivity contribution is 6.30. The van der Waals surface area contributed by atoms with E-state index in [1.165, 1.54) is 76.3 Å². The van der Waals surface area contributed by atoms with Gasteiger partial charge in [0, 0.05) is 0 Å². The number of rotatable bonds is 10. The van der Waals surface area contributed by atoms with Crippen LogP contribution in [0.2, 0.25) is 5.02 Å². The number of unbranched alkanes of at least 4 members (excludes halogenated alkanes) is 1. The van der Waals surface area contributed by atoms with Crippen molar-refractivity contribution in [2.24, 2.45) is 17.8 Å². The van der Waals surface area contributed by atoms with E-state index < -0.39 is 16.7 Å². The number of halogens is 4. The maximum absolute atomic E-state index is 13.8. The van der Waals surface area contributed by atoms with E-state index in [4.69, 9.17) is 11.6 Å². The molecule has 2 fully saturated rings. The minimum Gasteiger partial charge on any atom is -0.251 e. The molecule has 0 aliphatic heterocycles. The normalized spacial score (nSPS) is 27.1. The van der Waals surface area contributed by atoms with Crippen LogP contribution in [0.1, 0.15) is 101 Å². The van der Waals surface area contributed by atoms with Crippen molar-refractivity contribution >= 4 is 11.6 Å². The maximum Gasteiger partial charge on any atom is 0.145 e. The first kappa shape index (κ1) is 24.7. The van der Waals surface area contributed by atoms with Crippen LogP contribution in [0.3, 0.4) is 0 Å². The van der Waals surface area contributed by atoms with Crippen LogP contribution in [0.4, 0.5) is 13.2 Å². The van der Waals surface area contributed by atoms with E-state index in [2.05, 4.69) is 6.08 Å². The Morgan fingerprint density at radius 1 is 0.742 bits per heavy atom. The second-order valence-electron chi connectivity index (χ2n) is 9.86. The molecule has 0 bridgehead atoms. The third kappa shape index (κ3) is 7.84. The molecule has 0 unspecified atom stereocenters. The highest BCUT2D eigenvalue weighted by atomic mass is 35.5. The van der Waals surface area contributed by atoms with Gasteiger partial charge < -0.3 is 0 Å². The lowest BCUT2D eigenvalue weighted by molar-refractivity contribution is 0.223. The van der Waals surface area contributed by atoms with Gasteiger partial charge in [-0.3, -0.25) is 4.39 Å². The molecule has 0 atom stereocenters. The van der Waals surface area contributed by atoms with E-state index in [0.717, 1.165) is 42.6 Å². The molecule has 4 heteroatoms. The van der Waals surface area contributed by atoms with Gasteiger partial charge in [0.1, 0.15) is 16.7 Å². The lowest BCUT2D eigenvalue weighted by atomic mass is 9.74. The van der Waals surface area contributed by atoms with Crippen LogP contribution in [0.5, 0.6) is 0 Å². The fourth-order valence-corrected chi connectivity index (χ4v) is 5.81. The van der Waals surface area contributed by atoms with Crippen molar-refractivity contribution in [3.8, 4) is 0 Å². The zero-order valence-electron chi connectivity index (χ0n) is 18.7. The van der Waals surface area contributed by atoms with E-state index >= 15 is 0 Å². The number of hydrogen-bond donors (Lipinski definition) is 0. The molecule has 2 aliphatic rings. The van der Waals surface area contributed by atoms with Crippen LogP contribution in [-0.4, -0.2) is 6.67 Å². The summed E-state index contributed by atoms with van der Waals surface area (Å²) in [6.07, 6.45) is 20.9. The molecule has 174 valence electrons. The average molecular weight is 455 g/mol. The molecule has 0 heterocycles. The second kappa shape index (κ2) is 12.9. The fraction of sp³-hybridized carbons (Fsp3) is 0.704. The summed E-state index contributed by atoms with van der Waals surface area (Å²) in [5.41, 5.74) is 0.772. The molecule has 2 saturated carbocycles. The summed E-state index contributed by atoms with van der Waals surface area (Å²) in [6.45, 7) is -0.246. The van der Waals surface area contributed by atoms with E-state index in [-0.39, 0.29) is 12.6 Å². The van der Waals surface area contributed by atoms with Crippen molar-refractivity contribution in [3.63, 3.8) is 0 Å². The molecule has 3 rings (SSSR count). The summed E-state index contributed by atoms with van der Waals surface area (Å²) >= 11 is 5.62. The highest BCUT2D eigenvalue weighted by Gasteiger charge is 2.26. The standard InChI is InChI=1S/C27H38ClF3/c28-27-25(30)18-24(19-26(27)31)23-15-13-22(14-16-23)12-11-21-9-7-20(8-10-21)6-4-2-1-3-5-17-29/h1,3,18-23H,2,4-17H2. The Morgan fingerprint density at radius 2 is 1.23 bits per heavy atom. The first-order chi connectivity index (χ1) is 15.1. The first-order valence-electron chi connectivity index (χ1n) is 12.4. The predicted molar refractivity (Wildman–Crippen MR) is 124 cm³/mol. The molecule has 2 aliphatic carbocycles.